The van der Waals surface area contributed by atoms with E-state index >= 15 is 0 Å². The second-order valence-electron chi connectivity index (χ2n) is 7.47. The fraction of sp³-hybridized carbons (Fsp3) is 0.318. The van der Waals surface area contributed by atoms with Crippen molar-refractivity contribution in [3.8, 4) is 5.75 Å². The minimum absolute atomic E-state index is 0.117. The molecule has 1 fully saturated rings. The smallest absolute Gasteiger partial charge is 0.325 e. The monoisotopic (exact) mass is 391 g/mol. The Morgan fingerprint density at radius 1 is 1.17 bits per heavy atom. The van der Waals surface area contributed by atoms with Gasteiger partial charge in [0.15, 0.2) is 5.82 Å². The van der Waals surface area contributed by atoms with Crippen molar-refractivity contribution in [2.75, 3.05) is 30.8 Å². The zero-order valence-electron chi connectivity index (χ0n) is 16.7. The molecule has 150 valence electrons. The third kappa shape index (κ3) is 4.81. The first-order chi connectivity index (χ1) is 14.1. The van der Waals surface area contributed by atoms with Crippen LogP contribution in [-0.2, 0) is 0 Å². The summed E-state index contributed by atoms with van der Waals surface area (Å²) in [5, 5.41) is 5.64. The second-order valence-corrected chi connectivity index (χ2v) is 7.47. The van der Waals surface area contributed by atoms with Crippen molar-refractivity contribution in [3.05, 3.63) is 54.2 Å². The number of para-hydroxylation sites is 2. The molecule has 2 N–H and O–H groups in total. The molecule has 0 bridgehead atoms. The number of rotatable bonds is 4. The Kier molecular flexibility index (Phi) is 5.57. The molecule has 2 amide bonds. The van der Waals surface area contributed by atoms with Gasteiger partial charge in [0, 0.05) is 6.54 Å². The number of hydrogen-bond donors (Lipinski definition) is 2. The van der Waals surface area contributed by atoms with E-state index in [2.05, 4.69) is 32.5 Å². The van der Waals surface area contributed by atoms with Crippen LogP contribution in [0.1, 0.15) is 18.4 Å². The zero-order valence-corrected chi connectivity index (χ0v) is 16.7. The minimum atomic E-state index is -0.384. The summed E-state index contributed by atoms with van der Waals surface area (Å²) in [7, 11) is 2.10. The summed E-state index contributed by atoms with van der Waals surface area (Å²) in [6.07, 6.45) is 3.78. The number of carbonyl (C=O) groups is 1. The Morgan fingerprint density at radius 3 is 2.83 bits per heavy atom. The number of likely N-dealkylation sites (N-methyl/N-ethyl adjacent to an activating group) is 1. The SMILES string of the molecule is Cc1ccc(OC2CCCN(C)C2)c(NC(=O)Nc2cnc3ccccc3n2)c1. The number of ether oxygens (including phenoxy) is 1. The fourth-order valence-corrected chi connectivity index (χ4v) is 3.53. The van der Waals surface area contributed by atoms with E-state index in [-0.39, 0.29) is 12.1 Å². The predicted octanol–water partition coefficient (Wildman–Crippen LogP) is 4.06. The van der Waals surface area contributed by atoms with Gasteiger partial charge in [-0.1, -0.05) is 18.2 Å². The van der Waals surface area contributed by atoms with E-state index in [4.69, 9.17) is 4.74 Å². The zero-order chi connectivity index (χ0) is 20.2. The normalized spacial score (nSPS) is 17.1. The van der Waals surface area contributed by atoms with Crippen molar-refractivity contribution in [1.29, 1.82) is 0 Å². The van der Waals surface area contributed by atoms with Crippen LogP contribution in [0.2, 0.25) is 0 Å². The minimum Gasteiger partial charge on any atom is -0.487 e. The lowest BCUT2D eigenvalue weighted by Gasteiger charge is -2.30. The predicted molar refractivity (Wildman–Crippen MR) is 115 cm³/mol. The maximum absolute atomic E-state index is 12.6. The Hall–Kier alpha value is -3.19. The van der Waals surface area contributed by atoms with E-state index in [0.717, 1.165) is 42.5 Å². The maximum Gasteiger partial charge on any atom is 0.325 e. The van der Waals surface area contributed by atoms with Gasteiger partial charge in [0.1, 0.15) is 11.9 Å². The summed E-state index contributed by atoms with van der Waals surface area (Å²) < 4.78 is 6.21. The molecule has 1 atom stereocenters. The summed E-state index contributed by atoms with van der Waals surface area (Å²) in [5.41, 5.74) is 3.19. The van der Waals surface area contributed by atoms with E-state index in [1.54, 1.807) is 6.20 Å². The fourth-order valence-electron chi connectivity index (χ4n) is 3.53. The summed E-state index contributed by atoms with van der Waals surface area (Å²) in [6, 6.07) is 13.0. The van der Waals surface area contributed by atoms with Crippen molar-refractivity contribution in [3.63, 3.8) is 0 Å². The van der Waals surface area contributed by atoms with Gasteiger partial charge in [0.2, 0.25) is 0 Å². The van der Waals surface area contributed by atoms with E-state index in [9.17, 15) is 4.79 Å². The highest BCUT2D eigenvalue weighted by Crippen LogP contribution is 2.28. The number of nitrogens with one attached hydrogen (secondary N) is 2. The number of aromatic nitrogens is 2. The molecule has 0 aliphatic carbocycles. The number of amides is 2. The third-order valence-corrected chi connectivity index (χ3v) is 4.95. The van der Waals surface area contributed by atoms with Crippen molar-refractivity contribution in [2.45, 2.75) is 25.9 Å². The van der Waals surface area contributed by atoms with Crippen LogP contribution in [0.15, 0.2) is 48.7 Å². The number of hydrogen-bond acceptors (Lipinski definition) is 5. The number of nitrogens with zero attached hydrogens (tertiary/aromatic N) is 3. The van der Waals surface area contributed by atoms with Crippen molar-refractivity contribution >= 4 is 28.6 Å². The number of piperidine rings is 1. The van der Waals surface area contributed by atoms with Crippen molar-refractivity contribution in [2.24, 2.45) is 0 Å². The molecule has 1 aliphatic rings. The van der Waals surface area contributed by atoms with Gasteiger partial charge in [-0.2, -0.15) is 0 Å². The second kappa shape index (κ2) is 8.45. The molecular weight excluding hydrogens is 366 g/mol. The van der Waals surface area contributed by atoms with E-state index in [1.807, 2.05) is 49.4 Å². The van der Waals surface area contributed by atoms with Crippen molar-refractivity contribution in [1.82, 2.24) is 14.9 Å². The van der Waals surface area contributed by atoms with E-state index < -0.39 is 0 Å². The molecule has 1 aromatic heterocycles. The lowest BCUT2D eigenvalue weighted by molar-refractivity contribution is 0.105. The topological polar surface area (TPSA) is 79.4 Å². The first kappa shape index (κ1) is 19.1. The lowest BCUT2D eigenvalue weighted by atomic mass is 10.1. The number of anilines is 2. The molecular formula is C22H25N5O2. The van der Waals surface area contributed by atoms with Crippen LogP contribution in [0.25, 0.3) is 11.0 Å². The highest BCUT2D eigenvalue weighted by molar-refractivity contribution is 6.00. The van der Waals surface area contributed by atoms with Gasteiger partial charge in [-0.25, -0.2) is 9.78 Å². The first-order valence-electron chi connectivity index (χ1n) is 9.82. The molecule has 2 aromatic carbocycles. The van der Waals surface area contributed by atoms with E-state index in [0.29, 0.717) is 17.3 Å². The Bertz CT molecular complexity index is 1020. The van der Waals surface area contributed by atoms with Crippen LogP contribution in [-0.4, -0.2) is 47.1 Å². The molecule has 1 aliphatic heterocycles. The molecule has 0 saturated carbocycles. The highest BCUT2D eigenvalue weighted by Gasteiger charge is 2.20. The van der Waals surface area contributed by atoms with Gasteiger partial charge < -0.3 is 15.0 Å². The number of carbonyl (C=O) groups excluding carboxylic acids is 1. The van der Waals surface area contributed by atoms with Gasteiger partial charge in [-0.05, 0) is 63.2 Å². The molecule has 1 unspecified atom stereocenters. The summed E-state index contributed by atoms with van der Waals surface area (Å²) in [6.45, 7) is 3.95. The lowest BCUT2D eigenvalue weighted by Crippen LogP contribution is -2.38. The van der Waals surface area contributed by atoms with Crippen LogP contribution in [0.5, 0.6) is 5.75 Å². The Labute approximate surface area is 170 Å². The third-order valence-electron chi connectivity index (χ3n) is 4.95. The average molecular weight is 391 g/mol. The highest BCUT2D eigenvalue weighted by atomic mass is 16.5. The average Bonchev–Trinajstić information content (AvgIpc) is 2.70. The molecule has 0 radical (unpaired) electrons. The molecule has 2 heterocycles. The summed E-state index contributed by atoms with van der Waals surface area (Å²) in [4.78, 5) is 23.6. The molecule has 3 aromatic rings. The van der Waals surface area contributed by atoms with Gasteiger partial charge >= 0.3 is 6.03 Å². The number of benzene rings is 2. The Morgan fingerprint density at radius 2 is 2.00 bits per heavy atom. The van der Waals surface area contributed by atoms with E-state index in [1.165, 1.54) is 0 Å². The Balaban J connectivity index is 1.47. The van der Waals surface area contributed by atoms with Gasteiger partial charge in [-0.3, -0.25) is 10.3 Å². The quantitative estimate of drug-likeness (QED) is 0.701. The summed E-state index contributed by atoms with van der Waals surface area (Å²) in [5.74, 6) is 1.07. The molecule has 7 nitrogen and oxygen atoms in total. The van der Waals surface area contributed by atoms with Gasteiger partial charge in [0.05, 0.1) is 22.9 Å². The number of likely N-dealkylation sites (tertiary alicyclic amines) is 1. The largest absolute Gasteiger partial charge is 0.487 e. The molecule has 0 spiro atoms. The molecule has 29 heavy (non-hydrogen) atoms. The van der Waals surface area contributed by atoms with Crippen LogP contribution in [0.3, 0.4) is 0 Å². The van der Waals surface area contributed by atoms with Crippen LogP contribution in [0, 0.1) is 6.92 Å². The standard InChI is InChI=1S/C22H25N5O2/c1-15-9-10-20(29-16-6-5-11-27(2)14-16)19(12-15)25-22(28)26-21-13-23-17-7-3-4-8-18(17)24-21/h3-4,7-10,12-13,16H,5-6,11,14H2,1-2H3,(H2,24,25,26,28). The maximum atomic E-state index is 12.6. The molecule has 7 heteroatoms. The van der Waals surface area contributed by atoms with Crippen LogP contribution >= 0.6 is 0 Å². The summed E-state index contributed by atoms with van der Waals surface area (Å²) >= 11 is 0. The van der Waals surface area contributed by atoms with Crippen LogP contribution in [0.4, 0.5) is 16.3 Å². The van der Waals surface area contributed by atoms with Crippen molar-refractivity contribution < 1.29 is 9.53 Å². The van der Waals surface area contributed by atoms with Gasteiger partial charge in [-0.15, -0.1) is 0 Å². The van der Waals surface area contributed by atoms with Crippen LogP contribution < -0.4 is 15.4 Å². The number of aryl methyl sites for hydroxylation is 1. The molecule has 4 rings (SSSR count). The number of fused-ring (bicyclic) bond motifs is 1. The number of urea groups is 1. The van der Waals surface area contributed by atoms with Gasteiger partial charge in [0.25, 0.3) is 0 Å². The molecule has 1 saturated heterocycles. The first-order valence-corrected chi connectivity index (χ1v) is 9.82.